The first-order valence-corrected chi connectivity index (χ1v) is 7.56. The van der Waals surface area contributed by atoms with Crippen molar-refractivity contribution in [3.05, 3.63) is 29.3 Å². The lowest BCUT2D eigenvalue weighted by Crippen LogP contribution is -2.49. The molecule has 1 N–H and O–H groups in total. The van der Waals surface area contributed by atoms with Gasteiger partial charge in [-0.2, -0.15) is 0 Å². The molecule has 1 aliphatic rings. The normalized spacial score (nSPS) is 15.2. The highest BCUT2D eigenvalue weighted by Crippen LogP contribution is 2.22. The molecule has 0 aromatic heterocycles. The average molecular weight is 291 g/mol. The minimum Gasteiger partial charge on any atom is -0.450 e. The predicted molar refractivity (Wildman–Crippen MR) is 84.8 cm³/mol. The van der Waals surface area contributed by atoms with Gasteiger partial charge in [-0.1, -0.05) is 12.1 Å². The van der Waals surface area contributed by atoms with Crippen LogP contribution in [0.2, 0.25) is 0 Å². The number of carbonyl (C=O) groups is 1. The van der Waals surface area contributed by atoms with Crippen molar-refractivity contribution in [1.82, 2.24) is 10.2 Å². The van der Waals surface area contributed by atoms with E-state index < -0.39 is 0 Å². The summed E-state index contributed by atoms with van der Waals surface area (Å²) in [6.45, 7) is 8.45. The van der Waals surface area contributed by atoms with Crippen molar-refractivity contribution in [3.63, 3.8) is 0 Å². The van der Waals surface area contributed by atoms with E-state index in [0.717, 1.165) is 32.7 Å². The molecule has 116 valence electrons. The molecule has 0 atom stereocenters. The van der Waals surface area contributed by atoms with Crippen LogP contribution in [0.3, 0.4) is 0 Å². The predicted octanol–water partition coefficient (Wildman–Crippen LogP) is 1.99. The quantitative estimate of drug-likeness (QED) is 0.921. The smallest absolute Gasteiger partial charge is 0.409 e. The minimum absolute atomic E-state index is 0.196. The van der Waals surface area contributed by atoms with Crippen molar-refractivity contribution in [1.29, 1.82) is 0 Å². The van der Waals surface area contributed by atoms with Gasteiger partial charge < -0.3 is 19.9 Å². The number of amides is 1. The van der Waals surface area contributed by atoms with E-state index in [0.29, 0.717) is 6.61 Å². The lowest BCUT2D eigenvalue weighted by Gasteiger charge is -2.36. The fourth-order valence-electron chi connectivity index (χ4n) is 2.73. The fourth-order valence-corrected chi connectivity index (χ4v) is 2.73. The van der Waals surface area contributed by atoms with Crippen LogP contribution in [-0.2, 0) is 11.3 Å². The molecule has 0 radical (unpaired) electrons. The summed E-state index contributed by atoms with van der Waals surface area (Å²) < 4.78 is 5.05. The highest BCUT2D eigenvalue weighted by molar-refractivity contribution is 5.68. The molecule has 1 fully saturated rings. The molecule has 1 aliphatic heterocycles. The van der Waals surface area contributed by atoms with Crippen molar-refractivity contribution in [2.45, 2.75) is 20.4 Å². The molecule has 0 bridgehead atoms. The number of nitrogens with one attached hydrogen (secondary N) is 1. The maximum absolute atomic E-state index is 11.7. The lowest BCUT2D eigenvalue weighted by molar-refractivity contribution is 0.105. The third-order valence-electron chi connectivity index (χ3n) is 3.79. The number of hydrogen-bond acceptors (Lipinski definition) is 4. The van der Waals surface area contributed by atoms with Gasteiger partial charge in [-0.15, -0.1) is 0 Å². The number of ether oxygens (including phenoxy) is 1. The fraction of sp³-hybridized carbons (Fsp3) is 0.562. The minimum atomic E-state index is -0.196. The number of piperazine rings is 1. The Balaban J connectivity index is 1.97. The van der Waals surface area contributed by atoms with E-state index in [-0.39, 0.29) is 6.09 Å². The summed E-state index contributed by atoms with van der Waals surface area (Å²) in [7, 11) is 1.96. The molecule has 1 saturated heterocycles. The Morgan fingerprint density at radius 1 is 1.29 bits per heavy atom. The zero-order valence-electron chi connectivity index (χ0n) is 13.2. The summed E-state index contributed by atoms with van der Waals surface area (Å²) in [6, 6.07) is 6.57. The molecule has 0 aliphatic carbocycles. The van der Waals surface area contributed by atoms with Crippen LogP contribution in [-0.4, -0.2) is 50.8 Å². The second kappa shape index (κ2) is 7.31. The summed E-state index contributed by atoms with van der Waals surface area (Å²) in [6.07, 6.45) is -0.196. The Labute approximate surface area is 126 Å². The highest BCUT2D eigenvalue weighted by Gasteiger charge is 2.22. The molecule has 1 amide bonds. The molecule has 5 nitrogen and oxygen atoms in total. The Kier molecular flexibility index (Phi) is 5.44. The summed E-state index contributed by atoms with van der Waals surface area (Å²) in [4.78, 5) is 15.8. The van der Waals surface area contributed by atoms with Gasteiger partial charge >= 0.3 is 6.09 Å². The monoisotopic (exact) mass is 291 g/mol. The summed E-state index contributed by atoms with van der Waals surface area (Å²) in [5.41, 5.74) is 3.84. The van der Waals surface area contributed by atoms with E-state index in [1.165, 1.54) is 16.8 Å². The van der Waals surface area contributed by atoms with Gasteiger partial charge in [0.15, 0.2) is 0 Å². The van der Waals surface area contributed by atoms with E-state index in [2.05, 4.69) is 35.3 Å². The molecule has 1 aromatic carbocycles. The summed E-state index contributed by atoms with van der Waals surface area (Å²) in [5.74, 6) is 0. The van der Waals surface area contributed by atoms with Crippen LogP contribution in [0.25, 0.3) is 0 Å². The molecule has 0 spiro atoms. The van der Waals surface area contributed by atoms with E-state index >= 15 is 0 Å². The second-order valence-electron chi connectivity index (χ2n) is 5.32. The van der Waals surface area contributed by atoms with Gasteiger partial charge in [0.1, 0.15) is 0 Å². The Morgan fingerprint density at radius 2 is 2.00 bits per heavy atom. The standard InChI is InChI=1S/C16H25N3O2/c1-4-21-16(20)19-9-7-18(8-10-19)15-6-5-14(12-17-3)11-13(15)2/h5-6,11,17H,4,7-10,12H2,1-3H3. The van der Waals surface area contributed by atoms with E-state index in [9.17, 15) is 4.79 Å². The zero-order chi connectivity index (χ0) is 15.2. The molecule has 0 unspecified atom stereocenters. The third-order valence-corrected chi connectivity index (χ3v) is 3.79. The van der Waals surface area contributed by atoms with Crippen molar-refractivity contribution in [2.24, 2.45) is 0 Å². The van der Waals surface area contributed by atoms with Gasteiger partial charge in [0, 0.05) is 38.4 Å². The van der Waals surface area contributed by atoms with Gasteiger partial charge in [-0.05, 0) is 38.1 Å². The van der Waals surface area contributed by atoms with Crippen LogP contribution in [0.4, 0.5) is 10.5 Å². The Morgan fingerprint density at radius 3 is 2.57 bits per heavy atom. The van der Waals surface area contributed by atoms with Crippen molar-refractivity contribution in [2.75, 3.05) is 44.7 Å². The summed E-state index contributed by atoms with van der Waals surface area (Å²) in [5, 5.41) is 3.17. The number of anilines is 1. The SMILES string of the molecule is CCOC(=O)N1CCN(c2ccc(CNC)cc2C)CC1. The topological polar surface area (TPSA) is 44.8 Å². The van der Waals surface area contributed by atoms with Crippen LogP contribution in [0.15, 0.2) is 18.2 Å². The van der Waals surface area contributed by atoms with Crippen LogP contribution in [0.1, 0.15) is 18.1 Å². The van der Waals surface area contributed by atoms with Crippen molar-refractivity contribution in [3.8, 4) is 0 Å². The molecular formula is C16H25N3O2. The number of benzene rings is 1. The van der Waals surface area contributed by atoms with Gasteiger partial charge in [0.2, 0.25) is 0 Å². The van der Waals surface area contributed by atoms with Gasteiger partial charge in [-0.3, -0.25) is 0 Å². The number of hydrogen-bond donors (Lipinski definition) is 1. The Hall–Kier alpha value is -1.75. The van der Waals surface area contributed by atoms with Crippen LogP contribution < -0.4 is 10.2 Å². The molecule has 5 heteroatoms. The number of carbonyl (C=O) groups excluding carboxylic acids is 1. The molecular weight excluding hydrogens is 266 g/mol. The molecule has 21 heavy (non-hydrogen) atoms. The zero-order valence-corrected chi connectivity index (χ0v) is 13.2. The number of rotatable bonds is 4. The first-order chi connectivity index (χ1) is 10.2. The number of nitrogens with zero attached hydrogens (tertiary/aromatic N) is 2. The maximum atomic E-state index is 11.7. The van der Waals surface area contributed by atoms with E-state index in [1.54, 1.807) is 4.90 Å². The second-order valence-corrected chi connectivity index (χ2v) is 5.32. The van der Waals surface area contributed by atoms with Gasteiger partial charge in [0.05, 0.1) is 6.61 Å². The van der Waals surface area contributed by atoms with E-state index in [4.69, 9.17) is 4.74 Å². The molecule has 2 rings (SSSR count). The Bertz CT molecular complexity index is 482. The lowest BCUT2D eigenvalue weighted by atomic mass is 10.1. The van der Waals surface area contributed by atoms with Gasteiger partial charge in [-0.25, -0.2) is 4.79 Å². The largest absolute Gasteiger partial charge is 0.450 e. The summed E-state index contributed by atoms with van der Waals surface area (Å²) >= 11 is 0. The molecule has 1 aromatic rings. The third kappa shape index (κ3) is 3.88. The van der Waals surface area contributed by atoms with Crippen LogP contribution in [0.5, 0.6) is 0 Å². The first-order valence-electron chi connectivity index (χ1n) is 7.56. The number of aryl methyl sites for hydroxylation is 1. The van der Waals surface area contributed by atoms with Gasteiger partial charge in [0.25, 0.3) is 0 Å². The van der Waals surface area contributed by atoms with E-state index in [1.807, 2.05) is 14.0 Å². The van der Waals surface area contributed by atoms with Crippen LogP contribution in [0, 0.1) is 6.92 Å². The first kappa shape index (κ1) is 15.6. The average Bonchev–Trinajstić information content (AvgIpc) is 2.48. The molecule has 1 heterocycles. The van der Waals surface area contributed by atoms with Crippen molar-refractivity contribution < 1.29 is 9.53 Å². The maximum Gasteiger partial charge on any atom is 0.409 e. The van der Waals surface area contributed by atoms with Crippen LogP contribution >= 0.6 is 0 Å². The molecule has 0 saturated carbocycles. The highest BCUT2D eigenvalue weighted by atomic mass is 16.6. The van der Waals surface area contributed by atoms with Crippen molar-refractivity contribution >= 4 is 11.8 Å².